The lowest BCUT2D eigenvalue weighted by molar-refractivity contribution is 0.146. The first-order valence-corrected chi connectivity index (χ1v) is 6.55. The highest BCUT2D eigenvalue weighted by molar-refractivity contribution is 7.85. The molecule has 0 aliphatic rings. The third kappa shape index (κ3) is 5.60. The molecule has 0 radical (unpaired) electrons. The van der Waals surface area contributed by atoms with Crippen molar-refractivity contribution in [2.45, 2.75) is 13.0 Å². The van der Waals surface area contributed by atoms with E-state index in [0.29, 0.717) is 6.07 Å². The van der Waals surface area contributed by atoms with E-state index < -0.39 is 27.9 Å². The summed E-state index contributed by atoms with van der Waals surface area (Å²) in [6, 6.07) is 2.71. The van der Waals surface area contributed by atoms with E-state index in [0.717, 1.165) is 18.4 Å². The molecule has 0 spiro atoms. The molecule has 1 aromatic rings. The Kier molecular flexibility index (Phi) is 4.41. The maximum atomic E-state index is 12.8. The second-order valence-electron chi connectivity index (χ2n) is 3.52. The summed E-state index contributed by atoms with van der Waals surface area (Å²) in [4.78, 5) is 0. The molecular weight excluding hydrogens is 254 g/mol. The SMILES string of the molecule is CC(COS(C)(=O)=O)Oc1cc(F)cc(F)c1. The second-order valence-corrected chi connectivity index (χ2v) is 5.17. The molecule has 7 heteroatoms. The molecule has 0 bridgehead atoms. The zero-order chi connectivity index (χ0) is 13.1. The standard InChI is InChI=1S/C10H12F2O4S/c1-7(6-15-17(2,13)14)16-10-4-8(11)3-9(12)5-10/h3-5,7H,6H2,1-2H3. The highest BCUT2D eigenvalue weighted by Crippen LogP contribution is 2.16. The van der Waals surface area contributed by atoms with Crippen molar-refractivity contribution >= 4 is 10.1 Å². The quantitative estimate of drug-likeness (QED) is 0.761. The van der Waals surface area contributed by atoms with Crippen molar-refractivity contribution in [3.05, 3.63) is 29.8 Å². The Morgan fingerprint density at radius 3 is 2.24 bits per heavy atom. The Balaban J connectivity index is 2.59. The predicted molar refractivity (Wildman–Crippen MR) is 57.2 cm³/mol. The molecule has 1 aromatic carbocycles. The lowest BCUT2D eigenvalue weighted by Gasteiger charge is -2.14. The van der Waals surface area contributed by atoms with Crippen LogP contribution in [0, 0.1) is 11.6 Å². The van der Waals surface area contributed by atoms with Gasteiger partial charge in [0.15, 0.2) is 0 Å². The van der Waals surface area contributed by atoms with E-state index in [1.54, 1.807) is 0 Å². The lowest BCUT2D eigenvalue weighted by atomic mass is 10.3. The fourth-order valence-electron chi connectivity index (χ4n) is 1.08. The van der Waals surface area contributed by atoms with Crippen molar-refractivity contribution in [2.24, 2.45) is 0 Å². The van der Waals surface area contributed by atoms with Crippen molar-refractivity contribution in [2.75, 3.05) is 12.9 Å². The van der Waals surface area contributed by atoms with Crippen LogP contribution in [0.15, 0.2) is 18.2 Å². The van der Waals surface area contributed by atoms with Crippen LogP contribution in [0.3, 0.4) is 0 Å². The molecule has 1 rings (SSSR count). The normalized spacial score (nSPS) is 13.4. The summed E-state index contributed by atoms with van der Waals surface area (Å²) in [7, 11) is -3.56. The van der Waals surface area contributed by atoms with Crippen LogP contribution in [0.5, 0.6) is 5.75 Å². The van der Waals surface area contributed by atoms with Gasteiger partial charge in [-0.15, -0.1) is 0 Å². The average Bonchev–Trinajstić information content (AvgIpc) is 2.11. The van der Waals surface area contributed by atoms with Gasteiger partial charge in [0.1, 0.15) is 30.1 Å². The van der Waals surface area contributed by atoms with Crippen LogP contribution < -0.4 is 4.74 Å². The molecule has 0 aliphatic heterocycles. The molecule has 0 heterocycles. The Morgan fingerprint density at radius 1 is 1.24 bits per heavy atom. The van der Waals surface area contributed by atoms with Gasteiger partial charge in [-0.05, 0) is 6.92 Å². The first kappa shape index (κ1) is 13.9. The Labute approximate surface area is 98.3 Å². The summed E-state index contributed by atoms with van der Waals surface area (Å²) in [6.07, 6.45) is 0.257. The van der Waals surface area contributed by atoms with Crippen molar-refractivity contribution in [3.8, 4) is 5.75 Å². The van der Waals surface area contributed by atoms with Gasteiger partial charge in [-0.1, -0.05) is 0 Å². The minimum Gasteiger partial charge on any atom is -0.488 e. The van der Waals surface area contributed by atoms with Crippen molar-refractivity contribution in [1.29, 1.82) is 0 Å². The van der Waals surface area contributed by atoms with Gasteiger partial charge in [-0.3, -0.25) is 4.18 Å². The molecule has 0 fully saturated rings. The average molecular weight is 266 g/mol. The number of rotatable bonds is 5. The van der Waals surface area contributed by atoms with Crippen LogP contribution in [0.1, 0.15) is 6.92 Å². The molecule has 0 aliphatic carbocycles. The van der Waals surface area contributed by atoms with E-state index in [1.165, 1.54) is 6.92 Å². The number of ether oxygens (including phenoxy) is 1. The maximum absolute atomic E-state index is 12.8. The summed E-state index contributed by atoms with van der Waals surface area (Å²) < 4.78 is 56.6. The van der Waals surface area contributed by atoms with Crippen molar-refractivity contribution in [1.82, 2.24) is 0 Å². The molecule has 4 nitrogen and oxygen atoms in total. The summed E-state index contributed by atoms with van der Waals surface area (Å²) in [5.74, 6) is -1.56. The molecule has 1 unspecified atom stereocenters. The molecule has 96 valence electrons. The maximum Gasteiger partial charge on any atom is 0.264 e. The van der Waals surface area contributed by atoms with Gasteiger partial charge in [0, 0.05) is 18.2 Å². The molecule has 0 saturated carbocycles. The van der Waals surface area contributed by atoms with Crippen LogP contribution in [0.25, 0.3) is 0 Å². The van der Waals surface area contributed by atoms with Gasteiger partial charge in [0.25, 0.3) is 10.1 Å². The first-order valence-electron chi connectivity index (χ1n) is 4.73. The zero-order valence-electron chi connectivity index (χ0n) is 9.31. The Hall–Kier alpha value is -1.21. The minimum absolute atomic E-state index is 0.0212. The van der Waals surface area contributed by atoms with Gasteiger partial charge < -0.3 is 4.74 Å². The van der Waals surface area contributed by atoms with Gasteiger partial charge in [-0.25, -0.2) is 8.78 Å². The largest absolute Gasteiger partial charge is 0.488 e. The summed E-state index contributed by atoms with van der Waals surface area (Å²) in [5.41, 5.74) is 0. The van der Waals surface area contributed by atoms with Gasteiger partial charge in [-0.2, -0.15) is 8.42 Å². The van der Waals surface area contributed by atoms with E-state index >= 15 is 0 Å². The number of hydrogen-bond donors (Lipinski definition) is 0. The van der Waals surface area contributed by atoms with E-state index in [4.69, 9.17) is 4.74 Å². The molecule has 1 atom stereocenters. The second kappa shape index (κ2) is 5.42. The zero-order valence-corrected chi connectivity index (χ0v) is 10.1. The van der Waals surface area contributed by atoms with E-state index in [9.17, 15) is 17.2 Å². The van der Waals surface area contributed by atoms with Crippen molar-refractivity contribution in [3.63, 3.8) is 0 Å². The fraction of sp³-hybridized carbons (Fsp3) is 0.400. The molecule has 17 heavy (non-hydrogen) atoms. The number of halogens is 2. The predicted octanol–water partition coefficient (Wildman–Crippen LogP) is 1.71. The molecule has 0 amide bonds. The monoisotopic (exact) mass is 266 g/mol. The first-order chi connectivity index (χ1) is 7.76. The van der Waals surface area contributed by atoms with E-state index in [2.05, 4.69) is 4.18 Å². The minimum atomic E-state index is -3.56. The molecule has 0 saturated heterocycles. The third-order valence-corrected chi connectivity index (χ3v) is 2.25. The Bertz CT molecular complexity index is 467. The summed E-state index contributed by atoms with van der Waals surface area (Å²) in [5, 5.41) is 0. The van der Waals surface area contributed by atoms with Crippen LogP contribution in [0.4, 0.5) is 8.78 Å². The lowest BCUT2D eigenvalue weighted by Crippen LogP contribution is -2.21. The Morgan fingerprint density at radius 2 is 1.76 bits per heavy atom. The van der Waals surface area contributed by atoms with E-state index in [-0.39, 0.29) is 12.4 Å². The van der Waals surface area contributed by atoms with Crippen LogP contribution >= 0.6 is 0 Å². The van der Waals surface area contributed by atoms with Crippen LogP contribution in [-0.2, 0) is 14.3 Å². The topological polar surface area (TPSA) is 52.6 Å². The molecule has 0 aromatic heterocycles. The molecule has 0 N–H and O–H groups in total. The summed E-state index contributed by atoms with van der Waals surface area (Å²) >= 11 is 0. The fourth-order valence-corrected chi connectivity index (χ4v) is 1.52. The smallest absolute Gasteiger partial charge is 0.264 e. The van der Waals surface area contributed by atoms with Gasteiger partial charge in [0.05, 0.1) is 6.26 Å². The highest BCUT2D eigenvalue weighted by Gasteiger charge is 2.10. The van der Waals surface area contributed by atoms with Crippen LogP contribution in [-0.4, -0.2) is 27.4 Å². The van der Waals surface area contributed by atoms with Gasteiger partial charge in [0.2, 0.25) is 0 Å². The van der Waals surface area contributed by atoms with Gasteiger partial charge >= 0.3 is 0 Å². The number of hydrogen-bond acceptors (Lipinski definition) is 4. The van der Waals surface area contributed by atoms with E-state index in [1.807, 2.05) is 0 Å². The highest BCUT2D eigenvalue weighted by atomic mass is 32.2. The molecular formula is C10H12F2O4S. The summed E-state index contributed by atoms with van der Waals surface area (Å²) in [6.45, 7) is 1.30. The third-order valence-electron chi connectivity index (χ3n) is 1.69. The number of benzene rings is 1. The van der Waals surface area contributed by atoms with Crippen molar-refractivity contribution < 1.29 is 26.1 Å². The van der Waals surface area contributed by atoms with Crippen LogP contribution in [0.2, 0.25) is 0 Å².